The molecular formula is C18H25N3O4. The van der Waals surface area contributed by atoms with Crippen molar-refractivity contribution in [3.8, 4) is 0 Å². The van der Waals surface area contributed by atoms with Gasteiger partial charge in [-0.2, -0.15) is 0 Å². The molecule has 2 aliphatic rings. The Morgan fingerprint density at radius 2 is 2.20 bits per heavy atom. The van der Waals surface area contributed by atoms with Crippen LogP contribution in [0.5, 0.6) is 0 Å². The minimum Gasteiger partial charge on any atom is -0.382 e. The van der Waals surface area contributed by atoms with Crippen molar-refractivity contribution in [2.24, 2.45) is 0 Å². The average molecular weight is 347 g/mol. The fourth-order valence-corrected chi connectivity index (χ4v) is 4.30. The molecule has 7 heteroatoms. The van der Waals surface area contributed by atoms with Crippen LogP contribution in [0, 0.1) is 10.1 Å². The first-order valence-corrected chi connectivity index (χ1v) is 8.88. The molecule has 0 radical (unpaired) electrons. The zero-order valence-electron chi connectivity index (χ0n) is 14.8. The van der Waals surface area contributed by atoms with E-state index in [2.05, 4.69) is 17.1 Å². The highest BCUT2D eigenvalue weighted by Crippen LogP contribution is 2.44. The first-order chi connectivity index (χ1) is 12.0. The maximum absolute atomic E-state index is 11.7. The molecule has 25 heavy (non-hydrogen) atoms. The van der Waals surface area contributed by atoms with E-state index in [1.54, 1.807) is 19.2 Å². The van der Waals surface area contributed by atoms with Crippen molar-refractivity contribution in [3.63, 3.8) is 0 Å². The molecule has 1 unspecified atom stereocenters. The van der Waals surface area contributed by atoms with Crippen LogP contribution < -0.4 is 10.2 Å². The molecule has 1 amide bonds. The molecular weight excluding hydrogens is 322 g/mol. The Morgan fingerprint density at radius 3 is 2.88 bits per heavy atom. The summed E-state index contributed by atoms with van der Waals surface area (Å²) in [7, 11) is 1.68. The number of hydrogen-bond acceptors (Lipinski definition) is 5. The first-order valence-electron chi connectivity index (χ1n) is 8.88. The Bertz CT molecular complexity index is 683. The number of nitro benzene ring substituents is 1. The summed E-state index contributed by atoms with van der Waals surface area (Å²) in [5.41, 5.74) is 2.03. The lowest BCUT2D eigenvalue weighted by atomic mass is 9.90. The second kappa shape index (κ2) is 7.00. The lowest BCUT2D eigenvalue weighted by Crippen LogP contribution is -2.48. The molecule has 1 N–H and O–H groups in total. The normalized spacial score (nSPS) is 22.6. The first kappa shape index (κ1) is 17.7. The molecule has 7 nitrogen and oxygen atoms in total. The van der Waals surface area contributed by atoms with Crippen molar-refractivity contribution >= 4 is 23.0 Å². The Hall–Kier alpha value is -2.15. The zero-order valence-corrected chi connectivity index (χ0v) is 14.8. The number of nitro groups is 1. The van der Waals surface area contributed by atoms with Crippen LogP contribution in [0.15, 0.2) is 12.1 Å². The van der Waals surface area contributed by atoms with Gasteiger partial charge in [0.25, 0.3) is 5.69 Å². The number of nitrogens with one attached hydrogen (secondary N) is 1. The van der Waals surface area contributed by atoms with Gasteiger partial charge >= 0.3 is 0 Å². The minimum atomic E-state index is -0.312. The van der Waals surface area contributed by atoms with E-state index in [-0.39, 0.29) is 22.1 Å². The lowest BCUT2D eigenvalue weighted by molar-refractivity contribution is -0.384. The van der Waals surface area contributed by atoms with Gasteiger partial charge in [0.2, 0.25) is 5.91 Å². The third kappa shape index (κ3) is 3.20. The predicted molar refractivity (Wildman–Crippen MR) is 96.1 cm³/mol. The number of benzene rings is 1. The number of methoxy groups -OCH3 is 1. The molecule has 136 valence electrons. The minimum absolute atomic E-state index is 0.0366. The number of anilines is 2. The molecule has 1 aromatic carbocycles. The molecule has 0 aromatic heterocycles. The Balaban J connectivity index is 2.09. The number of hydrogen-bond donors (Lipinski definition) is 1. The molecule has 1 fully saturated rings. The number of fused-ring (bicyclic) bond motifs is 1. The van der Waals surface area contributed by atoms with E-state index in [4.69, 9.17) is 4.74 Å². The summed E-state index contributed by atoms with van der Waals surface area (Å²) >= 11 is 0. The van der Waals surface area contributed by atoms with E-state index in [1.165, 1.54) is 0 Å². The van der Waals surface area contributed by atoms with Crippen LogP contribution in [0.4, 0.5) is 17.1 Å². The van der Waals surface area contributed by atoms with Gasteiger partial charge in [0.05, 0.1) is 17.1 Å². The molecule has 2 heterocycles. The summed E-state index contributed by atoms with van der Waals surface area (Å²) < 4.78 is 5.48. The number of amides is 1. The number of ether oxygens (including phenoxy) is 1. The maximum Gasteiger partial charge on any atom is 0.292 e. The van der Waals surface area contributed by atoms with Crippen molar-refractivity contribution in [1.82, 2.24) is 0 Å². The zero-order chi connectivity index (χ0) is 18.0. The summed E-state index contributed by atoms with van der Waals surface area (Å²) in [6.45, 7) is 3.42. The van der Waals surface area contributed by atoms with Crippen molar-refractivity contribution in [2.45, 2.75) is 51.0 Å². The monoisotopic (exact) mass is 347 g/mol. The Morgan fingerprint density at radius 1 is 1.40 bits per heavy atom. The fourth-order valence-electron chi connectivity index (χ4n) is 4.30. The van der Waals surface area contributed by atoms with Crippen LogP contribution in [0.1, 0.15) is 44.6 Å². The number of carbonyl (C=O) groups is 1. The van der Waals surface area contributed by atoms with Crippen LogP contribution in [-0.2, 0) is 16.0 Å². The van der Waals surface area contributed by atoms with Crippen LogP contribution in [0.25, 0.3) is 0 Å². The largest absolute Gasteiger partial charge is 0.382 e. The smallest absolute Gasteiger partial charge is 0.292 e. The molecule has 0 aliphatic carbocycles. The van der Waals surface area contributed by atoms with E-state index in [0.29, 0.717) is 30.8 Å². The van der Waals surface area contributed by atoms with Crippen LogP contribution in [0.3, 0.4) is 0 Å². The summed E-state index contributed by atoms with van der Waals surface area (Å²) in [4.78, 5) is 25.3. The molecule has 1 saturated heterocycles. The third-order valence-electron chi connectivity index (χ3n) is 5.31. The van der Waals surface area contributed by atoms with Gasteiger partial charge in [-0.15, -0.1) is 0 Å². The second-order valence-electron chi connectivity index (χ2n) is 6.97. The second-order valence-corrected chi connectivity index (χ2v) is 6.97. The van der Waals surface area contributed by atoms with Gasteiger partial charge in [0, 0.05) is 31.8 Å². The lowest BCUT2D eigenvalue weighted by Gasteiger charge is -2.39. The molecule has 1 aromatic rings. The van der Waals surface area contributed by atoms with Crippen molar-refractivity contribution in [1.29, 1.82) is 0 Å². The standard InChI is InChI=1S/C18H25N3O4/c1-3-7-18(12-25-2)8-4-9-20(18)15-11-14-13(5-6-17(22)19-14)10-16(15)21(23)24/h10-11H,3-9,12H2,1-2H3,(H,19,22). The van der Waals surface area contributed by atoms with E-state index in [1.807, 2.05) is 0 Å². The molecule has 2 aliphatic heterocycles. The van der Waals surface area contributed by atoms with Gasteiger partial charge in [-0.3, -0.25) is 14.9 Å². The average Bonchev–Trinajstić information content (AvgIpc) is 2.97. The van der Waals surface area contributed by atoms with Crippen molar-refractivity contribution in [3.05, 3.63) is 27.8 Å². The maximum atomic E-state index is 11.7. The Labute approximate surface area is 147 Å². The van der Waals surface area contributed by atoms with E-state index < -0.39 is 0 Å². The topological polar surface area (TPSA) is 84.7 Å². The van der Waals surface area contributed by atoms with E-state index >= 15 is 0 Å². The predicted octanol–water partition coefficient (Wildman–Crippen LogP) is 3.27. The van der Waals surface area contributed by atoms with E-state index in [9.17, 15) is 14.9 Å². The van der Waals surface area contributed by atoms with Crippen LogP contribution >= 0.6 is 0 Å². The van der Waals surface area contributed by atoms with Crippen molar-refractivity contribution in [2.75, 3.05) is 30.5 Å². The highest BCUT2D eigenvalue weighted by molar-refractivity contribution is 5.95. The van der Waals surface area contributed by atoms with Gasteiger partial charge in [0.1, 0.15) is 5.69 Å². The molecule has 0 spiro atoms. The quantitative estimate of drug-likeness (QED) is 0.630. The van der Waals surface area contributed by atoms with Crippen molar-refractivity contribution < 1.29 is 14.5 Å². The fraction of sp³-hybridized carbons (Fsp3) is 0.611. The third-order valence-corrected chi connectivity index (χ3v) is 5.31. The molecule has 3 rings (SSSR count). The molecule has 1 atom stereocenters. The van der Waals surface area contributed by atoms with Gasteiger partial charge in [-0.1, -0.05) is 13.3 Å². The number of nitrogens with zero attached hydrogens (tertiary/aromatic N) is 2. The summed E-state index contributed by atoms with van der Waals surface area (Å²) in [5.74, 6) is -0.0366. The van der Waals surface area contributed by atoms with Gasteiger partial charge < -0.3 is 15.0 Å². The van der Waals surface area contributed by atoms with E-state index in [0.717, 1.165) is 37.8 Å². The highest BCUT2D eigenvalue weighted by Gasteiger charge is 2.43. The number of rotatable bonds is 6. The van der Waals surface area contributed by atoms with Crippen LogP contribution in [-0.4, -0.2) is 36.6 Å². The highest BCUT2D eigenvalue weighted by atomic mass is 16.6. The summed E-state index contributed by atoms with van der Waals surface area (Å²) in [5, 5.41) is 14.6. The summed E-state index contributed by atoms with van der Waals surface area (Å²) in [6.07, 6.45) is 4.74. The molecule has 0 saturated carbocycles. The van der Waals surface area contributed by atoms with Gasteiger partial charge in [0.15, 0.2) is 0 Å². The van der Waals surface area contributed by atoms with Crippen LogP contribution in [0.2, 0.25) is 0 Å². The Kier molecular flexibility index (Phi) is 4.94. The number of aryl methyl sites for hydroxylation is 1. The number of carbonyl (C=O) groups excluding carboxylic acids is 1. The van der Waals surface area contributed by atoms with Gasteiger partial charge in [-0.05, 0) is 37.3 Å². The SMILES string of the molecule is CCCC1(COC)CCCN1c1cc2c(cc1[N+](=O)[O-])CCC(=O)N2. The molecule has 0 bridgehead atoms. The van der Waals surface area contributed by atoms with Gasteiger partial charge in [-0.25, -0.2) is 0 Å². The summed E-state index contributed by atoms with van der Waals surface area (Å²) in [6, 6.07) is 3.42.